The van der Waals surface area contributed by atoms with Gasteiger partial charge in [0.05, 0.1) is 0 Å². The van der Waals surface area contributed by atoms with E-state index in [2.05, 4.69) is 11.1 Å². The highest BCUT2D eigenvalue weighted by atomic mass is 32.2. The molecule has 0 aromatic heterocycles. The molecule has 1 atom stereocenters. The van der Waals surface area contributed by atoms with E-state index in [1.54, 1.807) is 0 Å². The van der Waals surface area contributed by atoms with Crippen LogP contribution in [-0.4, -0.2) is 18.8 Å². The van der Waals surface area contributed by atoms with Crippen LogP contribution < -0.4 is 5.32 Å². The minimum Gasteiger partial charge on any atom is -0.316 e. The third kappa shape index (κ3) is 0.987. The van der Waals surface area contributed by atoms with Gasteiger partial charge in [-0.25, -0.2) is 0 Å². The number of piperidine rings is 1. The maximum Gasteiger partial charge on any atom is 0.0249 e. The van der Waals surface area contributed by atoms with Crippen LogP contribution in [0, 0.1) is 11.2 Å². The summed E-state index contributed by atoms with van der Waals surface area (Å²) in [5.41, 5.74) is 0.628. The molecule has 0 bridgehead atoms. The van der Waals surface area contributed by atoms with Crippen molar-refractivity contribution in [1.29, 1.82) is 0 Å². The van der Waals surface area contributed by atoms with E-state index in [0.29, 0.717) is 5.41 Å². The number of hydrogen-bond acceptors (Lipinski definition) is 2. The van der Waals surface area contributed by atoms with Gasteiger partial charge in [0.15, 0.2) is 0 Å². The van der Waals surface area contributed by atoms with Crippen molar-refractivity contribution in [2.24, 2.45) is 5.41 Å². The molecule has 2 aliphatic rings. The molecular formula is C7H12NS. The monoisotopic (exact) mass is 142 g/mol. The van der Waals surface area contributed by atoms with E-state index in [1.807, 2.05) is 11.8 Å². The van der Waals surface area contributed by atoms with Gasteiger partial charge in [0.25, 0.3) is 0 Å². The van der Waals surface area contributed by atoms with Gasteiger partial charge in [0.1, 0.15) is 0 Å². The summed E-state index contributed by atoms with van der Waals surface area (Å²) >= 11 is 1.98. The van der Waals surface area contributed by atoms with Crippen molar-refractivity contribution in [1.82, 2.24) is 5.32 Å². The fourth-order valence-electron chi connectivity index (χ4n) is 1.53. The molecule has 0 amide bonds. The lowest BCUT2D eigenvalue weighted by Crippen LogP contribution is -2.45. The lowest BCUT2D eigenvalue weighted by Gasteiger charge is -2.43. The zero-order valence-electron chi connectivity index (χ0n) is 5.52. The molecule has 2 heterocycles. The minimum absolute atomic E-state index is 0.628. The van der Waals surface area contributed by atoms with Crippen LogP contribution >= 0.6 is 11.8 Å². The first-order valence-electron chi connectivity index (χ1n) is 3.58. The number of thioether (sulfide) groups is 1. The molecular weight excluding hydrogens is 130 g/mol. The molecule has 1 N–H and O–H groups in total. The van der Waals surface area contributed by atoms with E-state index in [9.17, 15) is 0 Å². The van der Waals surface area contributed by atoms with Gasteiger partial charge in [-0.2, -0.15) is 11.8 Å². The van der Waals surface area contributed by atoms with Gasteiger partial charge in [0.2, 0.25) is 0 Å². The minimum atomic E-state index is 0.628. The molecule has 1 spiro atoms. The maximum absolute atomic E-state index is 3.43. The molecule has 2 heteroatoms. The summed E-state index contributed by atoms with van der Waals surface area (Å²) in [6.07, 6.45) is 2.80. The van der Waals surface area contributed by atoms with Crippen LogP contribution in [0.4, 0.5) is 0 Å². The van der Waals surface area contributed by atoms with Crippen molar-refractivity contribution < 1.29 is 0 Å². The fourth-order valence-corrected chi connectivity index (χ4v) is 2.62. The van der Waals surface area contributed by atoms with E-state index < -0.39 is 0 Å². The molecule has 0 aromatic carbocycles. The van der Waals surface area contributed by atoms with Gasteiger partial charge in [-0.15, -0.1) is 0 Å². The van der Waals surface area contributed by atoms with Crippen LogP contribution in [0.2, 0.25) is 0 Å². The van der Waals surface area contributed by atoms with Crippen molar-refractivity contribution >= 4 is 11.8 Å². The molecule has 2 aliphatic heterocycles. The molecule has 2 saturated heterocycles. The van der Waals surface area contributed by atoms with E-state index >= 15 is 0 Å². The predicted octanol–water partition coefficient (Wildman–Crippen LogP) is 1.26. The highest BCUT2D eigenvalue weighted by Crippen LogP contribution is 2.46. The van der Waals surface area contributed by atoms with Crippen molar-refractivity contribution in [3.05, 3.63) is 5.75 Å². The normalized spacial score (nSPS) is 32.0. The number of nitrogens with one attached hydrogen (secondary N) is 1. The lowest BCUT2D eigenvalue weighted by atomic mass is 9.84. The molecule has 0 aromatic rings. The van der Waals surface area contributed by atoms with E-state index in [1.165, 1.54) is 31.7 Å². The van der Waals surface area contributed by atoms with Gasteiger partial charge in [-0.3, -0.25) is 0 Å². The summed E-state index contributed by atoms with van der Waals surface area (Å²) in [7, 11) is 0. The topological polar surface area (TPSA) is 12.0 Å². The molecule has 1 nitrogen and oxygen atoms in total. The molecule has 2 rings (SSSR count). The summed E-state index contributed by atoms with van der Waals surface area (Å²) in [5, 5.41) is 3.43. The van der Waals surface area contributed by atoms with Crippen LogP contribution in [0.3, 0.4) is 0 Å². The van der Waals surface area contributed by atoms with Gasteiger partial charge < -0.3 is 5.32 Å². The number of hydrogen-bond donors (Lipinski definition) is 1. The summed E-state index contributed by atoms with van der Waals surface area (Å²) < 4.78 is 0. The first kappa shape index (κ1) is 6.05. The number of rotatable bonds is 0. The first-order valence-corrected chi connectivity index (χ1v) is 4.63. The van der Waals surface area contributed by atoms with Crippen molar-refractivity contribution in [2.75, 3.05) is 18.8 Å². The van der Waals surface area contributed by atoms with E-state index in [0.717, 1.165) is 0 Å². The maximum atomic E-state index is 3.43. The summed E-state index contributed by atoms with van der Waals surface area (Å²) in [6.45, 7) is 2.47. The summed E-state index contributed by atoms with van der Waals surface area (Å²) in [4.78, 5) is 0. The summed E-state index contributed by atoms with van der Waals surface area (Å²) in [5.74, 6) is 3.78. The van der Waals surface area contributed by atoms with Gasteiger partial charge in [-0.05, 0) is 19.4 Å². The quantitative estimate of drug-likeness (QED) is 0.546. The average Bonchev–Trinajstić information content (AvgIpc) is 1.87. The SMILES string of the molecule is [CH]1SCC12CCCNC2. The Morgan fingerprint density at radius 3 is 2.78 bits per heavy atom. The Morgan fingerprint density at radius 1 is 1.56 bits per heavy atom. The van der Waals surface area contributed by atoms with Crippen LogP contribution in [0.1, 0.15) is 12.8 Å². The molecule has 51 valence electrons. The smallest absolute Gasteiger partial charge is 0.0249 e. The predicted molar refractivity (Wildman–Crippen MR) is 41.3 cm³/mol. The second-order valence-electron chi connectivity index (χ2n) is 3.07. The van der Waals surface area contributed by atoms with Gasteiger partial charge >= 0.3 is 0 Å². The third-order valence-electron chi connectivity index (χ3n) is 2.21. The zero-order valence-corrected chi connectivity index (χ0v) is 6.34. The zero-order chi connectivity index (χ0) is 6.16. The summed E-state index contributed by atoms with van der Waals surface area (Å²) in [6, 6.07) is 0. The highest BCUT2D eigenvalue weighted by Gasteiger charge is 2.38. The Kier molecular flexibility index (Phi) is 1.46. The molecule has 0 saturated carbocycles. The highest BCUT2D eigenvalue weighted by molar-refractivity contribution is 8.02. The standard InChI is InChI=1S/C7H12NS/c1-2-7(4-8-3-1)5-9-6-7/h5,8H,1-4,6H2. The van der Waals surface area contributed by atoms with Crippen LogP contribution in [0.25, 0.3) is 0 Å². The lowest BCUT2D eigenvalue weighted by molar-refractivity contribution is 0.290. The largest absolute Gasteiger partial charge is 0.316 e. The first-order chi connectivity index (χ1) is 4.41. The average molecular weight is 142 g/mol. The molecule has 2 fully saturated rings. The third-order valence-corrected chi connectivity index (χ3v) is 3.62. The molecule has 0 aliphatic carbocycles. The van der Waals surface area contributed by atoms with Crippen LogP contribution in [-0.2, 0) is 0 Å². The Morgan fingerprint density at radius 2 is 2.44 bits per heavy atom. The Balaban J connectivity index is 1.93. The Labute approximate surface area is 60.6 Å². The van der Waals surface area contributed by atoms with Crippen molar-refractivity contribution in [3.8, 4) is 0 Å². The van der Waals surface area contributed by atoms with Crippen LogP contribution in [0.15, 0.2) is 0 Å². The molecule has 9 heavy (non-hydrogen) atoms. The van der Waals surface area contributed by atoms with E-state index in [-0.39, 0.29) is 0 Å². The molecule has 1 unspecified atom stereocenters. The van der Waals surface area contributed by atoms with Crippen molar-refractivity contribution in [2.45, 2.75) is 12.8 Å². The van der Waals surface area contributed by atoms with Gasteiger partial charge in [-0.1, -0.05) is 0 Å². The van der Waals surface area contributed by atoms with Gasteiger partial charge in [0, 0.05) is 23.5 Å². The van der Waals surface area contributed by atoms with E-state index in [4.69, 9.17) is 0 Å². The Hall–Kier alpha value is 0.310. The second-order valence-corrected chi connectivity index (χ2v) is 3.93. The second kappa shape index (κ2) is 2.17. The van der Waals surface area contributed by atoms with Crippen LogP contribution in [0.5, 0.6) is 0 Å². The fraction of sp³-hybridized carbons (Fsp3) is 0.857. The Bertz CT molecular complexity index is 101. The van der Waals surface area contributed by atoms with Crippen molar-refractivity contribution in [3.63, 3.8) is 0 Å². The molecule has 1 radical (unpaired) electrons.